The zero-order valence-electron chi connectivity index (χ0n) is 17.2. The van der Waals surface area contributed by atoms with E-state index < -0.39 is 5.82 Å². The molecule has 0 unspecified atom stereocenters. The minimum Gasteiger partial charge on any atom is -0.352 e. The number of hydrogen-bond donors (Lipinski definition) is 2. The third-order valence-corrected chi connectivity index (χ3v) is 5.79. The Balaban J connectivity index is 1.55. The van der Waals surface area contributed by atoms with Crippen molar-refractivity contribution in [2.45, 2.75) is 32.0 Å². The molecule has 0 spiro atoms. The standard InChI is InChI=1S/C23H24FN5OS/c1-2-28-14-7-11-19(28)22-21(18-10-5-6-13-25-18)27-23(31)29(22)15-12-20(30)26-17-9-4-3-8-16(17)24/h3-11,13-14,21-22H,2,12,15H2,1H3,(H,26,30)(H,27,31)/t21-,22-/m0/s1. The molecular formula is C23H24FN5OS. The lowest BCUT2D eigenvalue weighted by molar-refractivity contribution is -0.116. The first-order chi connectivity index (χ1) is 15.1. The lowest BCUT2D eigenvalue weighted by atomic mass is 10.0. The maximum atomic E-state index is 13.9. The predicted molar refractivity (Wildman–Crippen MR) is 122 cm³/mol. The fourth-order valence-electron chi connectivity index (χ4n) is 3.95. The van der Waals surface area contributed by atoms with Crippen molar-refractivity contribution >= 4 is 28.9 Å². The smallest absolute Gasteiger partial charge is 0.226 e. The van der Waals surface area contributed by atoms with Crippen molar-refractivity contribution in [2.75, 3.05) is 11.9 Å². The molecule has 1 aliphatic rings. The van der Waals surface area contributed by atoms with Gasteiger partial charge in [-0.05, 0) is 55.5 Å². The van der Waals surface area contributed by atoms with Crippen LogP contribution in [-0.4, -0.2) is 32.0 Å². The van der Waals surface area contributed by atoms with Crippen LogP contribution in [0.5, 0.6) is 0 Å². The molecule has 2 N–H and O–H groups in total. The van der Waals surface area contributed by atoms with Gasteiger partial charge in [-0.1, -0.05) is 18.2 Å². The first-order valence-corrected chi connectivity index (χ1v) is 10.7. The molecule has 6 nitrogen and oxygen atoms in total. The number of pyridine rings is 1. The Morgan fingerprint density at radius 1 is 1.19 bits per heavy atom. The van der Waals surface area contributed by atoms with Crippen LogP contribution in [0.2, 0.25) is 0 Å². The second kappa shape index (κ2) is 9.26. The Morgan fingerprint density at radius 2 is 2.00 bits per heavy atom. The van der Waals surface area contributed by atoms with Gasteiger partial charge in [0.15, 0.2) is 5.11 Å². The summed E-state index contributed by atoms with van der Waals surface area (Å²) in [6.45, 7) is 3.31. The molecule has 1 fully saturated rings. The molecule has 1 aromatic carbocycles. The number of carbonyl (C=O) groups is 1. The zero-order chi connectivity index (χ0) is 21.8. The fraction of sp³-hybridized carbons (Fsp3) is 0.261. The van der Waals surface area contributed by atoms with E-state index in [-0.39, 0.29) is 30.1 Å². The number of aromatic nitrogens is 2. The van der Waals surface area contributed by atoms with Gasteiger partial charge >= 0.3 is 0 Å². The molecule has 8 heteroatoms. The Morgan fingerprint density at radius 3 is 2.74 bits per heavy atom. The minimum atomic E-state index is -0.455. The van der Waals surface area contributed by atoms with Crippen molar-refractivity contribution < 1.29 is 9.18 Å². The third kappa shape index (κ3) is 4.44. The molecule has 3 aromatic rings. The highest BCUT2D eigenvalue weighted by atomic mass is 32.1. The maximum absolute atomic E-state index is 13.9. The number of benzene rings is 1. The Hall–Kier alpha value is -3.26. The van der Waals surface area contributed by atoms with Crippen molar-refractivity contribution in [3.05, 3.63) is 84.2 Å². The van der Waals surface area contributed by atoms with Crippen LogP contribution in [0.4, 0.5) is 10.1 Å². The number of para-hydroxylation sites is 1. The monoisotopic (exact) mass is 437 g/mol. The second-order valence-corrected chi connectivity index (χ2v) is 7.70. The Kier molecular flexibility index (Phi) is 6.27. The Bertz CT molecular complexity index is 1070. The van der Waals surface area contributed by atoms with Crippen molar-refractivity contribution in [1.29, 1.82) is 0 Å². The summed E-state index contributed by atoms with van der Waals surface area (Å²) in [7, 11) is 0. The quantitative estimate of drug-likeness (QED) is 0.546. The zero-order valence-corrected chi connectivity index (χ0v) is 18.0. The minimum absolute atomic E-state index is 0.112. The number of amides is 1. The van der Waals surface area contributed by atoms with Crippen molar-refractivity contribution in [1.82, 2.24) is 19.8 Å². The average Bonchev–Trinajstić information content (AvgIpc) is 3.38. The van der Waals surface area contributed by atoms with E-state index in [1.54, 1.807) is 24.4 Å². The van der Waals surface area contributed by atoms with Crippen molar-refractivity contribution in [2.24, 2.45) is 0 Å². The first-order valence-electron chi connectivity index (χ1n) is 10.3. The first kappa shape index (κ1) is 21.0. The van der Waals surface area contributed by atoms with Crippen molar-refractivity contribution in [3.8, 4) is 0 Å². The Labute approximate surface area is 186 Å². The van der Waals surface area contributed by atoms with E-state index in [1.165, 1.54) is 6.07 Å². The highest BCUT2D eigenvalue weighted by Crippen LogP contribution is 2.38. The van der Waals surface area contributed by atoms with E-state index in [4.69, 9.17) is 12.2 Å². The summed E-state index contributed by atoms with van der Waals surface area (Å²) < 4.78 is 16.0. The van der Waals surface area contributed by atoms with Crippen LogP contribution in [0, 0.1) is 5.82 Å². The summed E-state index contributed by atoms with van der Waals surface area (Å²) in [4.78, 5) is 19.1. The molecule has 2 aromatic heterocycles. The SMILES string of the molecule is CCn1cccc1[C@H]1[C@H](c2ccccn2)NC(=S)N1CCC(=O)Nc1ccccc1F. The van der Waals surface area contributed by atoms with Gasteiger partial charge in [-0.3, -0.25) is 9.78 Å². The van der Waals surface area contributed by atoms with Crippen molar-refractivity contribution in [3.63, 3.8) is 0 Å². The molecule has 0 aliphatic carbocycles. The van der Waals surface area contributed by atoms with Gasteiger partial charge in [0.2, 0.25) is 5.91 Å². The molecule has 2 atom stereocenters. The van der Waals surface area contributed by atoms with Gasteiger partial charge < -0.3 is 20.1 Å². The summed E-state index contributed by atoms with van der Waals surface area (Å²) in [6.07, 6.45) is 3.98. The number of aryl methyl sites for hydroxylation is 1. The average molecular weight is 438 g/mol. The van der Waals surface area contributed by atoms with Crippen LogP contribution in [0.3, 0.4) is 0 Å². The number of halogens is 1. The van der Waals surface area contributed by atoms with Crippen LogP contribution >= 0.6 is 12.2 Å². The molecule has 1 amide bonds. The molecule has 160 valence electrons. The number of thiocarbonyl (C=S) groups is 1. The largest absolute Gasteiger partial charge is 0.352 e. The second-order valence-electron chi connectivity index (χ2n) is 7.32. The van der Waals surface area contributed by atoms with Crippen LogP contribution in [0.25, 0.3) is 0 Å². The highest BCUT2D eigenvalue weighted by Gasteiger charge is 2.40. The normalized spacial score (nSPS) is 18.1. The molecular weight excluding hydrogens is 413 g/mol. The van der Waals surface area contributed by atoms with Gasteiger partial charge in [0, 0.05) is 37.6 Å². The molecule has 31 heavy (non-hydrogen) atoms. The van der Waals surface area contributed by atoms with Crippen LogP contribution in [-0.2, 0) is 11.3 Å². The van der Waals surface area contributed by atoms with E-state index in [9.17, 15) is 9.18 Å². The third-order valence-electron chi connectivity index (χ3n) is 5.43. The summed E-state index contributed by atoms with van der Waals surface area (Å²) in [5, 5.41) is 6.60. The number of carbonyl (C=O) groups excluding carboxylic acids is 1. The number of rotatable bonds is 7. The molecule has 4 rings (SSSR count). The lowest BCUT2D eigenvalue weighted by Gasteiger charge is -2.28. The van der Waals surface area contributed by atoms with Gasteiger partial charge in [0.05, 0.1) is 23.5 Å². The topological polar surface area (TPSA) is 62.2 Å². The van der Waals surface area contributed by atoms with E-state index >= 15 is 0 Å². The van der Waals surface area contributed by atoms with E-state index in [0.717, 1.165) is 17.9 Å². The van der Waals surface area contributed by atoms with E-state index in [0.29, 0.717) is 11.7 Å². The lowest BCUT2D eigenvalue weighted by Crippen LogP contribution is -2.33. The molecule has 1 saturated heterocycles. The van der Waals surface area contributed by atoms with Gasteiger partial charge in [-0.2, -0.15) is 0 Å². The number of anilines is 1. The predicted octanol–water partition coefficient (Wildman–Crippen LogP) is 4.04. The summed E-state index contributed by atoms with van der Waals surface area (Å²) in [5.74, 6) is -0.720. The van der Waals surface area contributed by atoms with Crippen LogP contribution in [0.1, 0.15) is 36.8 Å². The van der Waals surface area contributed by atoms with Gasteiger partial charge in [0.25, 0.3) is 0 Å². The summed E-state index contributed by atoms with van der Waals surface area (Å²) in [6, 6.07) is 15.8. The molecule has 1 aliphatic heterocycles. The highest BCUT2D eigenvalue weighted by molar-refractivity contribution is 7.80. The van der Waals surface area contributed by atoms with E-state index in [1.807, 2.05) is 35.4 Å². The number of nitrogens with one attached hydrogen (secondary N) is 2. The number of nitrogens with zero attached hydrogens (tertiary/aromatic N) is 3. The van der Waals surface area contributed by atoms with Gasteiger partial charge in [0.1, 0.15) is 5.82 Å². The maximum Gasteiger partial charge on any atom is 0.226 e. The van der Waals surface area contributed by atoms with Gasteiger partial charge in [-0.15, -0.1) is 0 Å². The number of hydrogen-bond acceptors (Lipinski definition) is 3. The summed E-state index contributed by atoms with van der Waals surface area (Å²) in [5.41, 5.74) is 2.16. The molecule has 3 heterocycles. The fourth-order valence-corrected chi connectivity index (χ4v) is 4.28. The van der Waals surface area contributed by atoms with Crippen LogP contribution in [0.15, 0.2) is 67.0 Å². The van der Waals surface area contributed by atoms with Gasteiger partial charge in [-0.25, -0.2) is 4.39 Å². The van der Waals surface area contributed by atoms with Crippen LogP contribution < -0.4 is 10.6 Å². The molecule has 0 radical (unpaired) electrons. The summed E-state index contributed by atoms with van der Waals surface area (Å²) >= 11 is 5.64. The molecule has 0 bridgehead atoms. The molecule has 0 saturated carbocycles. The van der Waals surface area contributed by atoms with E-state index in [2.05, 4.69) is 33.2 Å².